The van der Waals surface area contributed by atoms with Crippen molar-refractivity contribution in [2.75, 3.05) is 6.61 Å². The summed E-state index contributed by atoms with van der Waals surface area (Å²) in [4.78, 5) is 43.1. The molecule has 0 amide bonds. The maximum Gasteiger partial charge on any atom is 0.359 e. The predicted octanol–water partition coefficient (Wildman–Crippen LogP) is 2.68. The van der Waals surface area contributed by atoms with Crippen LogP contribution in [0.4, 0.5) is 0 Å². The minimum atomic E-state index is -0.726. The van der Waals surface area contributed by atoms with Gasteiger partial charge in [0.05, 0.1) is 23.5 Å². The lowest BCUT2D eigenvalue weighted by molar-refractivity contribution is 0.0516. The summed E-state index contributed by atoms with van der Waals surface area (Å²) in [5.74, 6) is -0.575. The summed E-state index contributed by atoms with van der Waals surface area (Å²) >= 11 is 0. The lowest BCUT2D eigenvalue weighted by Crippen LogP contribution is -2.38. The van der Waals surface area contributed by atoms with Crippen molar-refractivity contribution < 1.29 is 9.53 Å². The summed E-state index contributed by atoms with van der Waals surface area (Å²) in [6.45, 7) is 5.36. The van der Waals surface area contributed by atoms with Crippen molar-refractivity contribution in [1.82, 2.24) is 19.3 Å². The number of nitrogens with zero attached hydrogens (tertiary/aromatic N) is 4. The number of benzene rings is 2. The Hall–Kier alpha value is -4.07. The molecule has 0 aliphatic carbocycles. The molecule has 8 heteroatoms. The molecule has 0 atom stereocenters. The molecule has 2 aromatic carbocycles. The molecule has 156 valence electrons. The third-order valence-corrected chi connectivity index (χ3v) is 4.93. The maximum absolute atomic E-state index is 13.5. The molecule has 2 heterocycles. The van der Waals surface area contributed by atoms with Crippen LogP contribution in [0.5, 0.6) is 0 Å². The largest absolute Gasteiger partial charge is 0.461 e. The summed E-state index contributed by atoms with van der Waals surface area (Å²) in [5, 5.41) is 4.38. The van der Waals surface area contributed by atoms with Gasteiger partial charge in [-0.2, -0.15) is 10.1 Å². The average molecular weight is 416 g/mol. The summed E-state index contributed by atoms with van der Waals surface area (Å²) in [6, 6.07) is 15.8. The van der Waals surface area contributed by atoms with Crippen LogP contribution >= 0.6 is 0 Å². The third kappa shape index (κ3) is 3.52. The summed E-state index contributed by atoms with van der Waals surface area (Å²) < 4.78 is 7.46. The van der Waals surface area contributed by atoms with E-state index in [-0.39, 0.29) is 23.7 Å². The lowest BCUT2D eigenvalue weighted by atomic mass is 10.1. The van der Waals surface area contributed by atoms with Gasteiger partial charge in [-0.3, -0.25) is 4.79 Å². The van der Waals surface area contributed by atoms with Crippen molar-refractivity contribution in [3.8, 4) is 22.8 Å². The second-order valence-electron chi connectivity index (χ2n) is 7.01. The maximum atomic E-state index is 13.5. The third-order valence-electron chi connectivity index (χ3n) is 4.93. The van der Waals surface area contributed by atoms with Gasteiger partial charge in [0.1, 0.15) is 0 Å². The van der Waals surface area contributed by atoms with E-state index in [4.69, 9.17) is 4.74 Å². The van der Waals surface area contributed by atoms with Gasteiger partial charge in [-0.25, -0.2) is 18.8 Å². The molecule has 0 unspecified atom stereocenters. The monoisotopic (exact) mass is 416 g/mol. The predicted molar refractivity (Wildman–Crippen MR) is 115 cm³/mol. The van der Waals surface area contributed by atoms with Gasteiger partial charge in [-0.05, 0) is 45.0 Å². The van der Waals surface area contributed by atoms with Crippen molar-refractivity contribution in [1.29, 1.82) is 0 Å². The SMILES string of the molecule is CCOC(=O)c1nn(-c2ccccc2)c2nc(=O)n(-c3ccc(C)cc3)c(=O)c-2c1C. The van der Waals surface area contributed by atoms with E-state index in [0.717, 1.165) is 10.1 Å². The molecule has 0 fully saturated rings. The van der Waals surface area contributed by atoms with Crippen LogP contribution in [0.3, 0.4) is 0 Å². The van der Waals surface area contributed by atoms with Crippen molar-refractivity contribution >= 4 is 5.97 Å². The zero-order valence-electron chi connectivity index (χ0n) is 17.3. The molecule has 0 spiro atoms. The Balaban J connectivity index is 2.11. The number of hydrogen-bond donors (Lipinski definition) is 0. The van der Waals surface area contributed by atoms with Crippen LogP contribution in [0.25, 0.3) is 22.8 Å². The van der Waals surface area contributed by atoms with E-state index >= 15 is 0 Å². The second-order valence-corrected chi connectivity index (χ2v) is 7.01. The Morgan fingerprint density at radius 1 is 0.968 bits per heavy atom. The first-order valence-corrected chi connectivity index (χ1v) is 9.78. The van der Waals surface area contributed by atoms with Gasteiger partial charge in [0.25, 0.3) is 5.56 Å². The standard InChI is InChI=1S/C23H20N4O4/c1-4-31-22(29)19-15(3)18-20(27(25-19)17-8-6-5-7-9-17)24-23(30)26(21(18)28)16-12-10-14(2)11-13-16/h5-13H,4H2,1-3H3. The Bertz CT molecular complexity index is 1360. The van der Waals surface area contributed by atoms with E-state index in [0.29, 0.717) is 16.9 Å². The number of carbonyl (C=O) groups is 1. The van der Waals surface area contributed by atoms with Gasteiger partial charge in [-0.1, -0.05) is 35.9 Å². The summed E-state index contributed by atoms with van der Waals surface area (Å²) in [5.41, 5.74) is 1.06. The lowest BCUT2D eigenvalue weighted by Gasteiger charge is -2.18. The van der Waals surface area contributed by atoms with Gasteiger partial charge >= 0.3 is 11.7 Å². The van der Waals surface area contributed by atoms with Crippen LogP contribution in [0, 0.1) is 13.8 Å². The highest BCUT2D eigenvalue weighted by Gasteiger charge is 2.27. The van der Waals surface area contributed by atoms with Crippen molar-refractivity contribution in [3.63, 3.8) is 0 Å². The van der Waals surface area contributed by atoms with Crippen LogP contribution in [-0.4, -0.2) is 31.9 Å². The van der Waals surface area contributed by atoms with Gasteiger partial charge in [0, 0.05) is 5.56 Å². The van der Waals surface area contributed by atoms with E-state index in [1.807, 2.05) is 13.0 Å². The molecule has 0 bridgehead atoms. The van der Waals surface area contributed by atoms with E-state index < -0.39 is 17.2 Å². The minimum Gasteiger partial charge on any atom is -0.461 e. The first kappa shape index (κ1) is 20.2. The highest BCUT2D eigenvalue weighted by Crippen LogP contribution is 2.24. The topological polar surface area (TPSA) is 96.1 Å². The Morgan fingerprint density at radius 3 is 2.29 bits per heavy atom. The number of hydrogen-bond acceptors (Lipinski definition) is 6. The molecule has 0 aromatic heterocycles. The van der Waals surface area contributed by atoms with Crippen molar-refractivity contribution in [2.24, 2.45) is 0 Å². The summed E-state index contributed by atoms with van der Waals surface area (Å²) in [7, 11) is 0. The number of aryl methyl sites for hydroxylation is 1. The second kappa shape index (κ2) is 7.98. The Kier molecular flexibility index (Phi) is 5.21. The Morgan fingerprint density at radius 2 is 1.65 bits per heavy atom. The summed E-state index contributed by atoms with van der Waals surface area (Å²) in [6.07, 6.45) is 0. The molecule has 31 heavy (non-hydrogen) atoms. The smallest absolute Gasteiger partial charge is 0.359 e. The fraction of sp³-hybridized carbons (Fsp3) is 0.174. The fourth-order valence-corrected chi connectivity index (χ4v) is 3.38. The quantitative estimate of drug-likeness (QED) is 0.475. The number of fused-ring (bicyclic) bond motifs is 1. The van der Waals surface area contributed by atoms with Crippen LogP contribution in [-0.2, 0) is 4.74 Å². The molecular formula is C23H20N4O4. The number of aromatic nitrogens is 4. The van der Waals surface area contributed by atoms with E-state index in [2.05, 4.69) is 10.1 Å². The average Bonchev–Trinajstić information content (AvgIpc) is 2.75. The molecule has 4 rings (SSSR count). The zero-order chi connectivity index (χ0) is 22.1. The molecule has 0 N–H and O–H groups in total. The van der Waals surface area contributed by atoms with E-state index in [9.17, 15) is 14.4 Å². The van der Waals surface area contributed by atoms with Crippen LogP contribution in [0.15, 0.2) is 64.2 Å². The van der Waals surface area contributed by atoms with Gasteiger partial charge in [0.15, 0.2) is 11.5 Å². The fourth-order valence-electron chi connectivity index (χ4n) is 3.38. The number of para-hydroxylation sites is 1. The van der Waals surface area contributed by atoms with Crippen molar-refractivity contribution in [3.05, 3.63) is 92.3 Å². The molecular weight excluding hydrogens is 396 g/mol. The van der Waals surface area contributed by atoms with Gasteiger partial charge < -0.3 is 4.74 Å². The van der Waals surface area contributed by atoms with Crippen LogP contribution in [0.2, 0.25) is 0 Å². The number of rotatable bonds is 4. The first-order chi connectivity index (χ1) is 14.9. The molecule has 0 saturated heterocycles. The highest BCUT2D eigenvalue weighted by molar-refractivity contribution is 5.91. The molecule has 2 aromatic rings. The minimum absolute atomic E-state index is 0.00814. The molecule has 2 aliphatic heterocycles. The highest BCUT2D eigenvalue weighted by atomic mass is 16.5. The number of ether oxygens (including phenoxy) is 1. The van der Waals surface area contributed by atoms with Crippen LogP contribution < -0.4 is 11.2 Å². The van der Waals surface area contributed by atoms with Crippen LogP contribution in [0.1, 0.15) is 28.5 Å². The van der Waals surface area contributed by atoms with Gasteiger partial charge in [-0.15, -0.1) is 0 Å². The number of carbonyl (C=O) groups excluding carboxylic acids is 1. The molecule has 0 radical (unpaired) electrons. The first-order valence-electron chi connectivity index (χ1n) is 9.78. The zero-order valence-corrected chi connectivity index (χ0v) is 17.3. The molecule has 2 aliphatic rings. The Labute approximate surface area is 177 Å². The van der Waals surface area contributed by atoms with E-state index in [1.165, 1.54) is 4.68 Å². The molecule has 0 saturated carbocycles. The van der Waals surface area contributed by atoms with Crippen molar-refractivity contribution in [2.45, 2.75) is 20.8 Å². The van der Waals surface area contributed by atoms with E-state index in [1.54, 1.807) is 62.4 Å². The molecule has 8 nitrogen and oxygen atoms in total. The number of esters is 1. The normalized spacial score (nSPS) is 10.9. The van der Waals surface area contributed by atoms with Gasteiger partial charge in [0.2, 0.25) is 0 Å².